The van der Waals surface area contributed by atoms with Gasteiger partial charge in [0.1, 0.15) is 17.3 Å². The molecule has 0 aliphatic rings. The van der Waals surface area contributed by atoms with Crippen LogP contribution >= 0.6 is 0 Å². The molecule has 8 heteroatoms. The number of rotatable bonds is 4. The molecule has 0 radical (unpaired) electrons. The van der Waals surface area contributed by atoms with E-state index in [2.05, 4.69) is 21.1 Å². The lowest BCUT2D eigenvalue weighted by Crippen LogP contribution is -2.28. The van der Waals surface area contributed by atoms with E-state index in [-0.39, 0.29) is 18.1 Å². The van der Waals surface area contributed by atoms with E-state index in [1.807, 2.05) is 0 Å². The van der Waals surface area contributed by atoms with E-state index in [0.29, 0.717) is 17.1 Å². The van der Waals surface area contributed by atoms with Crippen LogP contribution in [0.2, 0.25) is 0 Å². The summed E-state index contributed by atoms with van der Waals surface area (Å²) < 4.78 is 18.5. The van der Waals surface area contributed by atoms with E-state index in [0.717, 1.165) is 6.07 Å². The van der Waals surface area contributed by atoms with Crippen LogP contribution in [0.5, 0.6) is 0 Å². The summed E-state index contributed by atoms with van der Waals surface area (Å²) in [5.74, 6) is -0.267. The van der Waals surface area contributed by atoms with Crippen LogP contribution < -0.4 is 16.0 Å². The third-order valence-corrected chi connectivity index (χ3v) is 2.64. The van der Waals surface area contributed by atoms with Crippen LogP contribution in [0.25, 0.3) is 0 Å². The number of benzene rings is 1. The number of aryl methyl sites for hydroxylation is 1. The molecule has 0 bridgehead atoms. The van der Waals surface area contributed by atoms with Crippen molar-refractivity contribution in [2.75, 3.05) is 10.6 Å². The molecule has 0 saturated heterocycles. The van der Waals surface area contributed by atoms with Gasteiger partial charge in [0.25, 0.3) is 0 Å². The summed E-state index contributed by atoms with van der Waals surface area (Å²) in [6, 6.07) is 4.97. The Hall–Kier alpha value is -2.90. The zero-order valence-electron chi connectivity index (χ0n) is 12.1. The van der Waals surface area contributed by atoms with Crippen molar-refractivity contribution in [3.63, 3.8) is 0 Å². The maximum absolute atomic E-state index is 13.7. The molecule has 2 rings (SSSR count). The van der Waals surface area contributed by atoms with Gasteiger partial charge in [0, 0.05) is 18.7 Å². The minimum atomic E-state index is -0.610. The van der Waals surface area contributed by atoms with Crippen LogP contribution in [0, 0.1) is 12.7 Å². The Labute approximate surface area is 125 Å². The third kappa shape index (κ3) is 4.30. The second-order valence-corrected chi connectivity index (χ2v) is 4.61. The van der Waals surface area contributed by atoms with Crippen molar-refractivity contribution in [3.8, 4) is 0 Å². The highest BCUT2D eigenvalue weighted by molar-refractivity contribution is 5.92. The summed E-state index contributed by atoms with van der Waals surface area (Å²) in [5, 5.41) is 11.1. The fraction of sp³-hybridized carbons (Fsp3) is 0.214. The Balaban J connectivity index is 1.96. The highest BCUT2D eigenvalue weighted by Crippen LogP contribution is 2.19. The van der Waals surface area contributed by atoms with Gasteiger partial charge in [0.15, 0.2) is 0 Å². The first-order valence-electron chi connectivity index (χ1n) is 6.48. The van der Waals surface area contributed by atoms with Crippen molar-refractivity contribution in [3.05, 3.63) is 41.5 Å². The van der Waals surface area contributed by atoms with E-state index in [4.69, 9.17) is 4.52 Å². The van der Waals surface area contributed by atoms with Crippen molar-refractivity contribution < 1.29 is 18.5 Å². The third-order valence-electron chi connectivity index (χ3n) is 2.64. The van der Waals surface area contributed by atoms with Crippen LogP contribution in [0.1, 0.15) is 18.4 Å². The van der Waals surface area contributed by atoms with Gasteiger partial charge in [-0.25, -0.2) is 9.18 Å². The zero-order chi connectivity index (χ0) is 16.1. The maximum atomic E-state index is 13.7. The number of hydrogen-bond donors (Lipinski definition) is 3. The van der Waals surface area contributed by atoms with Crippen molar-refractivity contribution in [2.45, 2.75) is 20.4 Å². The molecule has 1 aromatic heterocycles. The average Bonchev–Trinajstić information content (AvgIpc) is 2.85. The van der Waals surface area contributed by atoms with Gasteiger partial charge in [0.2, 0.25) is 5.91 Å². The van der Waals surface area contributed by atoms with Gasteiger partial charge < -0.3 is 20.5 Å². The first-order valence-corrected chi connectivity index (χ1v) is 6.48. The first-order chi connectivity index (χ1) is 10.4. The second-order valence-electron chi connectivity index (χ2n) is 4.61. The van der Waals surface area contributed by atoms with Crippen LogP contribution in [-0.4, -0.2) is 17.1 Å². The zero-order valence-corrected chi connectivity index (χ0v) is 12.1. The predicted molar refractivity (Wildman–Crippen MR) is 77.8 cm³/mol. The van der Waals surface area contributed by atoms with E-state index in [9.17, 15) is 14.0 Å². The molecule has 3 N–H and O–H groups in total. The molecule has 0 unspecified atom stereocenters. The maximum Gasteiger partial charge on any atom is 0.319 e. The SMILES string of the molecule is CC(=O)Nc1ccc(F)c(NC(=O)NCc2cc(C)on2)c1. The lowest BCUT2D eigenvalue weighted by molar-refractivity contribution is -0.114. The van der Waals surface area contributed by atoms with Crippen LogP contribution in [0.4, 0.5) is 20.6 Å². The Bertz CT molecular complexity index is 699. The van der Waals surface area contributed by atoms with E-state index in [1.54, 1.807) is 13.0 Å². The fourth-order valence-corrected chi connectivity index (χ4v) is 1.74. The van der Waals surface area contributed by atoms with E-state index >= 15 is 0 Å². The summed E-state index contributed by atoms with van der Waals surface area (Å²) in [5.41, 5.74) is 0.900. The topological polar surface area (TPSA) is 96.3 Å². The highest BCUT2D eigenvalue weighted by Gasteiger charge is 2.09. The number of carbonyl (C=O) groups is 2. The molecule has 116 valence electrons. The lowest BCUT2D eigenvalue weighted by atomic mass is 10.2. The lowest BCUT2D eigenvalue weighted by Gasteiger charge is -2.09. The van der Waals surface area contributed by atoms with Crippen LogP contribution in [0.3, 0.4) is 0 Å². The molecule has 1 aromatic carbocycles. The van der Waals surface area contributed by atoms with Gasteiger partial charge in [-0.2, -0.15) is 0 Å². The molecular weight excluding hydrogens is 291 g/mol. The quantitative estimate of drug-likeness (QED) is 0.808. The number of aromatic nitrogens is 1. The number of amides is 3. The number of carbonyl (C=O) groups excluding carboxylic acids is 2. The van der Waals surface area contributed by atoms with Gasteiger partial charge in [-0.1, -0.05) is 5.16 Å². The molecule has 2 aromatic rings. The largest absolute Gasteiger partial charge is 0.361 e. The number of nitrogens with zero attached hydrogens (tertiary/aromatic N) is 1. The molecule has 0 aliphatic heterocycles. The van der Waals surface area contributed by atoms with Crippen molar-refractivity contribution in [1.29, 1.82) is 0 Å². The Kier molecular flexibility index (Phi) is 4.72. The minimum Gasteiger partial charge on any atom is -0.361 e. The number of hydrogen-bond acceptors (Lipinski definition) is 4. The average molecular weight is 306 g/mol. The van der Waals surface area contributed by atoms with Gasteiger partial charge in [-0.05, 0) is 25.1 Å². The van der Waals surface area contributed by atoms with E-state index < -0.39 is 11.8 Å². The summed E-state index contributed by atoms with van der Waals surface area (Å²) in [4.78, 5) is 22.7. The van der Waals surface area contributed by atoms with Crippen molar-refractivity contribution in [1.82, 2.24) is 10.5 Å². The fourth-order valence-electron chi connectivity index (χ4n) is 1.74. The van der Waals surface area contributed by atoms with E-state index in [1.165, 1.54) is 19.1 Å². The molecule has 0 spiro atoms. The normalized spacial score (nSPS) is 10.1. The van der Waals surface area contributed by atoms with Crippen molar-refractivity contribution in [2.24, 2.45) is 0 Å². The molecule has 7 nitrogen and oxygen atoms in total. The van der Waals surface area contributed by atoms with Gasteiger partial charge >= 0.3 is 6.03 Å². The first kappa shape index (κ1) is 15.5. The number of nitrogens with one attached hydrogen (secondary N) is 3. The predicted octanol–water partition coefficient (Wildman–Crippen LogP) is 2.40. The molecule has 3 amide bonds. The standard InChI is InChI=1S/C14H15FN4O3/c1-8-5-11(19-22-8)7-16-14(21)18-13-6-10(17-9(2)20)3-4-12(13)15/h3-6H,7H2,1-2H3,(H,17,20)(H2,16,18,21). The summed E-state index contributed by atoms with van der Waals surface area (Å²) in [6.07, 6.45) is 0. The van der Waals surface area contributed by atoms with Gasteiger partial charge in [-0.3, -0.25) is 4.79 Å². The second kappa shape index (κ2) is 6.70. The van der Waals surface area contributed by atoms with Gasteiger partial charge in [0.05, 0.1) is 12.2 Å². The van der Waals surface area contributed by atoms with Crippen LogP contribution in [0.15, 0.2) is 28.8 Å². The van der Waals surface area contributed by atoms with Crippen molar-refractivity contribution >= 4 is 23.3 Å². The molecule has 22 heavy (non-hydrogen) atoms. The summed E-state index contributed by atoms with van der Waals surface area (Å²) in [6.45, 7) is 3.22. The summed E-state index contributed by atoms with van der Waals surface area (Å²) >= 11 is 0. The molecule has 0 fully saturated rings. The number of halogens is 1. The Morgan fingerprint density at radius 1 is 1.27 bits per heavy atom. The van der Waals surface area contributed by atoms with Gasteiger partial charge in [-0.15, -0.1) is 0 Å². The number of anilines is 2. The Morgan fingerprint density at radius 2 is 2.05 bits per heavy atom. The molecule has 1 heterocycles. The minimum absolute atomic E-state index is 0.0416. The molecule has 0 atom stereocenters. The summed E-state index contributed by atoms with van der Waals surface area (Å²) in [7, 11) is 0. The molecular formula is C14H15FN4O3. The molecule has 0 aliphatic carbocycles. The smallest absolute Gasteiger partial charge is 0.319 e. The monoisotopic (exact) mass is 306 g/mol. The highest BCUT2D eigenvalue weighted by atomic mass is 19.1. The van der Waals surface area contributed by atoms with Crippen LogP contribution in [-0.2, 0) is 11.3 Å². The number of urea groups is 1. The Morgan fingerprint density at radius 3 is 2.68 bits per heavy atom. The molecule has 0 saturated carbocycles.